The van der Waals surface area contributed by atoms with Gasteiger partial charge in [-0.1, -0.05) is 6.42 Å². The third-order valence-electron chi connectivity index (χ3n) is 2.56. The first kappa shape index (κ1) is 9.12. The average molecular weight is 192 g/mol. The molecule has 1 aliphatic rings. The Labute approximate surface area is 81.6 Å². The fourth-order valence-corrected chi connectivity index (χ4v) is 1.83. The van der Waals surface area contributed by atoms with Crippen LogP contribution in [0.15, 0.2) is 23.1 Å². The highest BCUT2D eigenvalue weighted by Gasteiger charge is 2.24. The number of hydrogen-bond acceptors (Lipinski definition) is 3. The summed E-state index contributed by atoms with van der Waals surface area (Å²) in [7, 11) is 0. The summed E-state index contributed by atoms with van der Waals surface area (Å²) in [6, 6.07) is 2.71. The third-order valence-corrected chi connectivity index (χ3v) is 2.56. The van der Waals surface area contributed by atoms with Crippen LogP contribution in [0.25, 0.3) is 0 Å². The van der Waals surface area contributed by atoms with Crippen molar-refractivity contribution < 1.29 is 4.79 Å². The summed E-state index contributed by atoms with van der Waals surface area (Å²) >= 11 is 0. The molecule has 4 nitrogen and oxygen atoms in total. The van der Waals surface area contributed by atoms with Crippen molar-refractivity contribution in [2.75, 3.05) is 0 Å². The Balaban J connectivity index is 2.34. The molecule has 0 saturated heterocycles. The zero-order valence-electron chi connectivity index (χ0n) is 7.85. The Morgan fingerprint density at radius 2 is 2.21 bits per heavy atom. The summed E-state index contributed by atoms with van der Waals surface area (Å²) in [5.74, 6) is 0.136. The molecule has 1 aromatic rings. The van der Waals surface area contributed by atoms with Crippen molar-refractivity contribution >= 4 is 5.78 Å². The molecule has 0 aliphatic heterocycles. The van der Waals surface area contributed by atoms with Crippen molar-refractivity contribution in [3.63, 3.8) is 0 Å². The standard InChI is InChI=1S/C10H12N2O2/c13-9-5-2-1-4-8(9)12-10(14)6-3-7-11-12/h3,6-8H,1-2,4-5H2. The van der Waals surface area contributed by atoms with Gasteiger partial charge in [-0.25, -0.2) is 4.68 Å². The number of Topliss-reactive ketones (excluding diaryl/α,β-unsaturated/α-hetero) is 1. The topological polar surface area (TPSA) is 52.0 Å². The van der Waals surface area contributed by atoms with Crippen molar-refractivity contribution in [1.29, 1.82) is 0 Å². The van der Waals surface area contributed by atoms with Crippen molar-refractivity contribution in [1.82, 2.24) is 9.78 Å². The van der Waals surface area contributed by atoms with E-state index in [2.05, 4.69) is 5.10 Å². The van der Waals surface area contributed by atoms with Crippen molar-refractivity contribution in [3.05, 3.63) is 28.7 Å². The molecule has 14 heavy (non-hydrogen) atoms. The first-order valence-corrected chi connectivity index (χ1v) is 4.85. The number of carbonyl (C=O) groups is 1. The smallest absolute Gasteiger partial charge is 0.267 e. The number of rotatable bonds is 1. The van der Waals surface area contributed by atoms with E-state index in [4.69, 9.17) is 0 Å². The summed E-state index contributed by atoms with van der Waals surface area (Å²) in [5, 5.41) is 3.94. The van der Waals surface area contributed by atoms with E-state index in [0.29, 0.717) is 6.42 Å². The second kappa shape index (κ2) is 3.74. The molecule has 1 aliphatic carbocycles. The molecule has 0 aromatic carbocycles. The van der Waals surface area contributed by atoms with Gasteiger partial charge < -0.3 is 0 Å². The second-order valence-corrected chi connectivity index (χ2v) is 3.53. The fraction of sp³-hybridized carbons (Fsp3) is 0.500. The maximum Gasteiger partial charge on any atom is 0.267 e. The molecular formula is C10H12N2O2. The van der Waals surface area contributed by atoms with Gasteiger partial charge in [0.2, 0.25) is 0 Å². The quantitative estimate of drug-likeness (QED) is 0.665. The van der Waals surface area contributed by atoms with Crippen LogP contribution in [-0.4, -0.2) is 15.6 Å². The normalized spacial score (nSPS) is 22.3. The largest absolute Gasteiger partial charge is 0.297 e. The maximum absolute atomic E-state index is 11.5. The van der Waals surface area contributed by atoms with Crippen LogP contribution in [0.3, 0.4) is 0 Å². The number of ketones is 1. The second-order valence-electron chi connectivity index (χ2n) is 3.53. The highest BCUT2D eigenvalue weighted by atomic mass is 16.1. The van der Waals surface area contributed by atoms with Gasteiger partial charge in [0.25, 0.3) is 5.56 Å². The molecular weight excluding hydrogens is 180 g/mol. The lowest BCUT2D eigenvalue weighted by atomic mass is 9.94. The molecule has 1 saturated carbocycles. The lowest BCUT2D eigenvalue weighted by Gasteiger charge is -2.20. The maximum atomic E-state index is 11.5. The third kappa shape index (κ3) is 1.60. The summed E-state index contributed by atoms with van der Waals surface area (Å²) in [5.41, 5.74) is -0.187. The Bertz CT molecular complexity index is 397. The van der Waals surface area contributed by atoms with E-state index in [1.54, 1.807) is 12.3 Å². The number of aromatic nitrogens is 2. The van der Waals surface area contributed by atoms with Crippen LogP contribution < -0.4 is 5.56 Å². The van der Waals surface area contributed by atoms with Crippen LogP contribution >= 0.6 is 0 Å². The van der Waals surface area contributed by atoms with Crippen LogP contribution in [0, 0.1) is 0 Å². The van der Waals surface area contributed by atoms with E-state index in [1.165, 1.54) is 10.7 Å². The summed E-state index contributed by atoms with van der Waals surface area (Å²) in [6.07, 6.45) is 4.81. The average Bonchev–Trinajstić information content (AvgIpc) is 2.20. The first-order valence-electron chi connectivity index (χ1n) is 4.85. The molecule has 74 valence electrons. The Morgan fingerprint density at radius 1 is 1.36 bits per heavy atom. The molecule has 1 unspecified atom stereocenters. The Hall–Kier alpha value is -1.45. The van der Waals surface area contributed by atoms with Crippen molar-refractivity contribution in [2.24, 2.45) is 0 Å². The molecule has 0 N–H and O–H groups in total. The van der Waals surface area contributed by atoms with E-state index in [1.807, 2.05) is 0 Å². The molecule has 0 amide bonds. The van der Waals surface area contributed by atoms with Crippen LogP contribution in [0.2, 0.25) is 0 Å². The lowest BCUT2D eigenvalue weighted by molar-refractivity contribution is -0.124. The molecule has 0 radical (unpaired) electrons. The van der Waals surface area contributed by atoms with E-state index in [9.17, 15) is 9.59 Å². The highest BCUT2D eigenvalue weighted by Crippen LogP contribution is 2.22. The number of carbonyl (C=O) groups excluding carboxylic acids is 1. The molecule has 1 atom stereocenters. The van der Waals surface area contributed by atoms with E-state index >= 15 is 0 Å². The van der Waals surface area contributed by atoms with Gasteiger partial charge in [-0.3, -0.25) is 9.59 Å². The SMILES string of the molecule is O=C1CCCCC1n1ncccc1=O. The first-order chi connectivity index (χ1) is 6.79. The Morgan fingerprint density at radius 3 is 2.93 bits per heavy atom. The summed E-state index contributed by atoms with van der Waals surface area (Å²) in [6.45, 7) is 0. The van der Waals surface area contributed by atoms with E-state index in [0.717, 1.165) is 19.3 Å². The van der Waals surface area contributed by atoms with Gasteiger partial charge in [0.05, 0.1) is 0 Å². The van der Waals surface area contributed by atoms with E-state index < -0.39 is 0 Å². The highest BCUT2D eigenvalue weighted by molar-refractivity contribution is 5.83. The fourth-order valence-electron chi connectivity index (χ4n) is 1.83. The number of nitrogens with zero attached hydrogens (tertiary/aromatic N) is 2. The lowest BCUT2D eigenvalue weighted by Crippen LogP contribution is -2.32. The van der Waals surface area contributed by atoms with Crippen molar-refractivity contribution in [3.8, 4) is 0 Å². The minimum atomic E-state index is -0.322. The van der Waals surface area contributed by atoms with Crippen LogP contribution in [0.4, 0.5) is 0 Å². The van der Waals surface area contributed by atoms with Crippen LogP contribution in [-0.2, 0) is 4.79 Å². The van der Waals surface area contributed by atoms with Gasteiger partial charge in [-0.05, 0) is 18.9 Å². The van der Waals surface area contributed by atoms with Gasteiger partial charge in [-0.2, -0.15) is 5.10 Å². The summed E-state index contributed by atoms with van der Waals surface area (Å²) < 4.78 is 1.31. The zero-order valence-corrected chi connectivity index (χ0v) is 7.85. The predicted molar refractivity (Wildman–Crippen MR) is 51.0 cm³/mol. The summed E-state index contributed by atoms with van der Waals surface area (Å²) in [4.78, 5) is 23.0. The molecule has 0 spiro atoms. The zero-order chi connectivity index (χ0) is 9.97. The van der Waals surface area contributed by atoms with Gasteiger partial charge in [0, 0.05) is 18.7 Å². The molecule has 0 bridgehead atoms. The minimum Gasteiger partial charge on any atom is -0.297 e. The van der Waals surface area contributed by atoms with Gasteiger partial charge >= 0.3 is 0 Å². The molecule has 2 rings (SSSR count). The molecule has 1 heterocycles. The molecule has 4 heteroatoms. The predicted octanol–water partition coefficient (Wildman–Crippen LogP) is 0.927. The molecule has 1 aromatic heterocycles. The van der Waals surface area contributed by atoms with Crippen LogP contribution in [0.1, 0.15) is 31.7 Å². The number of hydrogen-bond donors (Lipinski definition) is 0. The van der Waals surface area contributed by atoms with Gasteiger partial charge in [0.15, 0.2) is 5.78 Å². The van der Waals surface area contributed by atoms with Crippen molar-refractivity contribution in [2.45, 2.75) is 31.7 Å². The van der Waals surface area contributed by atoms with Gasteiger partial charge in [0.1, 0.15) is 6.04 Å². The van der Waals surface area contributed by atoms with Crippen LogP contribution in [0.5, 0.6) is 0 Å². The minimum absolute atomic E-state index is 0.136. The van der Waals surface area contributed by atoms with Gasteiger partial charge in [-0.15, -0.1) is 0 Å². The monoisotopic (exact) mass is 192 g/mol. The Kier molecular flexibility index (Phi) is 2.43. The van der Waals surface area contributed by atoms with E-state index in [-0.39, 0.29) is 17.4 Å². The molecule has 1 fully saturated rings.